The highest BCUT2D eigenvalue weighted by Gasteiger charge is 2.03. The monoisotopic (exact) mass is 328 g/mol. The van der Waals surface area contributed by atoms with Gasteiger partial charge in [0, 0.05) is 11.4 Å². The Hall–Kier alpha value is -2.69. The fourth-order valence-electron chi connectivity index (χ4n) is 2.08. The number of hydrogen-bond acceptors (Lipinski definition) is 4. The SMILES string of the molecule is CCCOc1ccc(NC(=O)CNc2ccc(OCC)cc2)cc1. The predicted octanol–water partition coefficient (Wildman–Crippen LogP) is 3.92. The third-order valence-corrected chi connectivity index (χ3v) is 3.23. The van der Waals surface area contributed by atoms with Gasteiger partial charge in [0.1, 0.15) is 11.5 Å². The molecule has 24 heavy (non-hydrogen) atoms. The van der Waals surface area contributed by atoms with Gasteiger partial charge in [-0.25, -0.2) is 0 Å². The predicted molar refractivity (Wildman–Crippen MR) is 97.0 cm³/mol. The summed E-state index contributed by atoms with van der Waals surface area (Å²) in [6.45, 7) is 5.53. The largest absolute Gasteiger partial charge is 0.494 e. The van der Waals surface area contributed by atoms with Crippen molar-refractivity contribution in [2.75, 3.05) is 30.4 Å². The highest BCUT2D eigenvalue weighted by atomic mass is 16.5. The van der Waals surface area contributed by atoms with Gasteiger partial charge in [0.15, 0.2) is 0 Å². The molecule has 0 radical (unpaired) electrons. The lowest BCUT2D eigenvalue weighted by molar-refractivity contribution is -0.114. The molecule has 2 aromatic rings. The van der Waals surface area contributed by atoms with E-state index in [-0.39, 0.29) is 12.5 Å². The van der Waals surface area contributed by atoms with Gasteiger partial charge in [0.25, 0.3) is 0 Å². The Morgan fingerprint density at radius 3 is 2.04 bits per heavy atom. The number of hydrogen-bond donors (Lipinski definition) is 2. The van der Waals surface area contributed by atoms with Crippen LogP contribution in [0.15, 0.2) is 48.5 Å². The minimum Gasteiger partial charge on any atom is -0.494 e. The summed E-state index contributed by atoms with van der Waals surface area (Å²) in [4.78, 5) is 12.0. The maximum absolute atomic E-state index is 12.0. The van der Waals surface area contributed by atoms with Gasteiger partial charge in [-0.1, -0.05) is 6.92 Å². The van der Waals surface area contributed by atoms with E-state index in [4.69, 9.17) is 9.47 Å². The molecule has 0 atom stereocenters. The third-order valence-electron chi connectivity index (χ3n) is 3.23. The molecule has 0 spiro atoms. The molecule has 0 bridgehead atoms. The molecular weight excluding hydrogens is 304 g/mol. The van der Waals surface area contributed by atoms with Gasteiger partial charge >= 0.3 is 0 Å². The lowest BCUT2D eigenvalue weighted by Crippen LogP contribution is -2.21. The Balaban J connectivity index is 1.78. The second-order valence-corrected chi connectivity index (χ2v) is 5.23. The van der Waals surface area contributed by atoms with Crippen LogP contribution in [0.4, 0.5) is 11.4 Å². The molecule has 0 fully saturated rings. The molecule has 0 aliphatic heterocycles. The number of ether oxygens (including phenoxy) is 2. The van der Waals surface area contributed by atoms with Gasteiger partial charge < -0.3 is 20.1 Å². The van der Waals surface area contributed by atoms with E-state index in [0.29, 0.717) is 13.2 Å². The minimum absolute atomic E-state index is 0.105. The van der Waals surface area contributed by atoms with Crippen LogP contribution in [0.25, 0.3) is 0 Å². The molecule has 2 rings (SSSR count). The average Bonchev–Trinajstić information content (AvgIpc) is 2.61. The van der Waals surface area contributed by atoms with Crippen LogP contribution in [0.5, 0.6) is 11.5 Å². The summed E-state index contributed by atoms with van der Waals surface area (Å²) >= 11 is 0. The second kappa shape index (κ2) is 9.45. The van der Waals surface area contributed by atoms with E-state index < -0.39 is 0 Å². The molecule has 2 aromatic carbocycles. The fraction of sp³-hybridized carbons (Fsp3) is 0.316. The van der Waals surface area contributed by atoms with Crippen LogP contribution in [-0.2, 0) is 4.79 Å². The number of rotatable bonds is 9. The lowest BCUT2D eigenvalue weighted by Gasteiger charge is -2.10. The zero-order valence-electron chi connectivity index (χ0n) is 14.2. The van der Waals surface area contributed by atoms with Crippen LogP contribution in [-0.4, -0.2) is 25.7 Å². The van der Waals surface area contributed by atoms with Crippen molar-refractivity contribution in [3.63, 3.8) is 0 Å². The highest BCUT2D eigenvalue weighted by molar-refractivity contribution is 5.93. The van der Waals surface area contributed by atoms with Crippen molar-refractivity contribution in [1.82, 2.24) is 0 Å². The van der Waals surface area contributed by atoms with Crippen LogP contribution >= 0.6 is 0 Å². The van der Waals surface area contributed by atoms with Crippen LogP contribution < -0.4 is 20.1 Å². The summed E-state index contributed by atoms with van der Waals surface area (Å²) in [7, 11) is 0. The van der Waals surface area contributed by atoms with E-state index in [2.05, 4.69) is 17.6 Å². The van der Waals surface area contributed by atoms with Crippen LogP contribution in [0.1, 0.15) is 20.3 Å². The van der Waals surface area contributed by atoms with E-state index in [1.165, 1.54) is 0 Å². The number of anilines is 2. The van der Waals surface area contributed by atoms with Gasteiger partial charge in [-0.3, -0.25) is 4.79 Å². The molecule has 0 aromatic heterocycles. The summed E-state index contributed by atoms with van der Waals surface area (Å²) in [5.74, 6) is 1.52. The first-order valence-corrected chi connectivity index (χ1v) is 8.20. The molecule has 2 N–H and O–H groups in total. The van der Waals surface area contributed by atoms with Crippen molar-refractivity contribution < 1.29 is 14.3 Å². The molecule has 0 saturated carbocycles. The van der Waals surface area contributed by atoms with Crippen molar-refractivity contribution in [1.29, 1.82) is 0 Å². The molecule has 5 heteroatoms. The van der Waals surface area contributed by atoms with Gasteiger partial charge in [-0.05, 0) is 61.9 Å². The zero-order chi connectivity index (χ0) is 17.2. The molecule has 0 heterocycles. The molecule has 0 aliphatic carbocycles. The van der Waals surface area contributed by atoms with Crippen LogP contribution in [0.2, 0.25) is 0 Å². The van der Waals surface area contributed by atoms with Crippen molar-refractivity contribution in [3.05, 3.63) is 48.5 Å². The maximum Gasteiger partial charge on any atom is 0.243 e. The topological polar surface area (TPSA) is 59.6 Å². The number of carbonyl (C=O) groups is 1. The molecule has 0 aliphatic rings. The molecule has 128 valence electrons. The molecule has 1 amide bonds. The Kier molecular flexibility index (Phi) is 6.95. The Morgan fingerprint density at radius 2 is 1.46 bits per heavy atom. The van der Waals surface area contributed by atoms with Crippen molar-refractivity contribution in [3.8, 4) is 11.5 Å². The Morgan fingerprint density at radius 1 is 0.875 bits per heavy atom. The van der Waals surface area contributed by atoms with Crippen LogP contribution in [0, 0.1) is 0 Å². The standard InChI is InChI=1S/C19H24N2O3/c1-3-13-24-18-11-7-16(8-12-18)21-19(22)14-20-15-5-9-17(10-6-15)23-4-2/h5-12,20H,3-4,13-14H2,1-2H3,(H,21,22). The summed E-state index contributed by atoms with van der Waals surface area (Å²) in [5, 5.41) is 5.93. The number of benzene rings is 2. The fourth-order valence-corrected chi connectivity index (χ4v) is 2.08. The summed E-state index contributed by atoms with van der Waals surface area (Å²) < 4.78 is 10.9. The van der Waals surface area contributed by atoms with Gasteiger partial charge in [-0.2, -0.15) is 0 Å². The van der Waals surface area contributed by atoms with E-state index in [0.717, 1.165) is 29.3 Å². The molecule has 0 unspecified atom stereocenters. The first-order chi connectivity index (χ1) is 11.7. The molecule has 5 nitrogen and oxygen atoms in total. The minimum atomic E-state index is -0.105. The highest BCUT2D eigenvalue weighted by Crippen LogP contribution is 2.17. The summed E-state index contributed by atoms with van der Waals surface area (Å²) in [6.07, 6.45) is 0.968. The lowest BCUT2D eigenvalue weighted by atomic mass is 10.3. The maximum atomic E-state index is 12.0. The Labute approximate surface area is 143 Å². The van der Waals surface area contributed by atoms with E-state index in [9.17, 15) is 4.79 Å². The first-order valence-electron chi connectivity index (χ1n) is 8.20. The quantitative estimate of drug-likeness (QED) is 0.732. The summed E-state index contributed by atoms with van der Waals surface area (Å²) in [6, 6.07) is 14.9. The normalized spacial score (nSPS) is 10.1. The second-order valence-electron chi connectivity index (χ2n) is 5.23. The third kappa shape index (κ3) is 5.83. The van der Waals surface area contributed by atoms with Crippen molar-refractivity contribution in [2.24, 2.45) is 0 Å². The van der Waals surface area contributed by atoms with Crippen molar-refractivity contribution in [2.45, 2.75) is 20.3 Å². The van der Waals surface area contributed by atoms with E-state index in [1.54, 1.807) is 0 Å². The van der Waals surface area contributed by atoms with E-state index in [1.807, 2.05) is 55.5 Å². The zero-order valence-corrected chi connectivity index (χ0v) is 14.2. The number of nitrogens with one attached hydrogen (secondary N) is 2. The Bertz CT molecular complexity index is 624. The molecule has 0 saturated heterocycles. The van der Waals surface area contributed by atoms with Crippen LogP contribution in [0.3, 0.4) is 0 Å². The summed E-state index contributed by atoms with van der Waals surface area (Å²) in [5.41, 5.74) is 1.62. The smallest absolute Gasteiger partial charge is 0.243 e. The average molecular weight is 328 g/mol. The van der Waals surface area contributed by atoms with Gasteiger partial charge in [0.05, 0.1) is 19.8 Å². The first kappa shape index (κ1) is 17.7. The number of carbonyl (C=O) groups excluding carboxylic acids is 1. The van der Waals surface area contributed by atoms with Gasteiger partial charge in [-0.15, -0.1) is 0 Å². The number of amides is 1. The van der Waals surface area contributed by atoms with Crippen molar-refractivity contribution >= 4 is 17.3 Å². The van der Waals surface area contributed by atoms with E-state index >= 15 is 0 Å². The molecular formula is C19H24N2O3. The van der Waals surface area contributed by atoms with Gasteiger partial charge in [0.2, 0.25) is 5.91 Å².